The van der Waals surface area contributed by atoms with E-state index in [1.54, 1.807) is 13.4 Å². The molecule has 6 heteroatoms. The highest BCUT2D eigenvalue weighted by Gasteiger charge is 2.20. The Morgan fingerprint density at radius 3 is 2.86 bits per heavy atom. The van der Waals surface area contributed by atoms with Crippen LogP contribution in [0.2, 0.25) is 0 Å². The summed E-state index contributed by atoms with van der Waals surface area (Å²) < 4.78 is 7.47. The number of benzene rings is 2. The number of fused-ring (bicyclic) bond motifs is 1. The molecule has 1 unspecified atom stereocenters. The number of carbonyl (C=O) groups excluding carboxylic acids is 1. The molecule has 0 fully saturated rings. The van der Waals surface area contributed by atoms with Gasteiger partial charge < -0.3 is 14.6 Å². The van der Waals surface area contributed by atoms with Gasteiger partial charge in [-0.05, 0) is 42.2 Å². The first-order chi connectivity index (χ1) is 13.7. The second kappa shape index (κ2) is 8.25. The fraction of sp³-hybridized carbons (Fsp3) is 0.318. The maximum Gasteiger partial charge on any atom is 0.224 e. The molecule has 1 aliphatic heterocycles. The van der Waals surface area contributed by atoms with Gasteiger partial charge in [-0.25, -0.2) is 0 Å². The van der Waals surface area contributed by atoms with Crippen molar-refractivity contribution in [2.75, 3.05) is 12.4 Å². The van der Waals surface area contributed by atoms with Crippen molar-refractivity contribution < 1.29 is 9.53 Å². The summed E-state index contributed by atoms with van der Waals surface area (Å²) in [6.45, 7) is 0.910. The molecule has 0 aliphatic carbocycles. The standard InChI is InChI=1S/C22H24N4O2/c1-28-20-5-3-2-4-17(20)9-13-22(27)24-19-10-6-16(7-11-19)18-8-12-21-25-23-15-26(21)14-18/h2-7,10-11,15,18H,8-9,12-14H2,1H3,(H,24,27). The van der Waals surface area contributed by atoms with E-state index in [2.05, 4.69) is 32.2 Å². The molecule has 0 bridgehead atoms. The molecule has 0 radical (unpaired) electrons. The largest absolute Gasteiger partial charge is 0.496 e. The van der Waals surface area contributed by atoms with E-state index in [-0.39, 0.29) is 5.91 Å². The molecule has 0 spiro atoms. The zero-order valence-corrected chi connectivity index (χ0v) is 16.0. The number of ether oxygens (including phenoxy) is 1. The van der Waals surface area contributed by atoms with Crippen molar-refractivity contribution in [2.24, 2.45) is 0 Å². The minimum Gasteiger partial charge on any atom is -0.496 e. The molecule has 1 aliphatic rings. The van der Waals surface area contributed by atoms with Gasteiger partial charge in [-0.3, -0.25) is 4.79 Å². The molecule has 1 aromatic heterocycles. The number of hydrogen-bond acceptors (Lipinski definition) is 4. The molecule has 0 saturated heterocycles. The number of nitrogens with one attached hydrogen (secondary N) is 1. The predicted molar refractivity (Wildman–Crippen MR) is 107 cm³/mol. The number of aryl methyl sites for hydroxylation is 2. The van der Waals surface area contributed by atoms with Crippen LogP contribution in [-0.2, 0) is 24.2 Å². The molecular weight excluding hydrogens is 352 g/mol. The van der Waals surface area contributed by atoms with Crippen molar-refractivity contribution in [1.29, 1.82) is 0 Å². The Hall–Kier alpha value is -3.15. The average Bonchev–Trinajstić information content (AvgIpc) is 3.21. The number of carbonyl (C=O) groups is 1. The summed E-state index contributed by atoms with van der Waals surface area (Å²) in [7, 11) is 1.65. The predicted octanol–water partition coefficient (Wildman–Crippen LogP) is 3.59. The lowest BCUT2D eigenvalue weighted by atomic mass is 9.91. The van der Waals surface area contributed by atoms with Crippen molar-refractivity contribution in [3.05, 3.63) is 71.8 Å². The third-order valence-corrected chi connectivity index (χ3v) is 5.31. The summed E-state index contributed by atoms with van der Waals surface area (Å²) in [4.78, 5) is 12.3. The lowest BCUT2D eigenvalue weighted by molar-refractivity contribution is -0.116. The lowest BCUT2D eigenvalue weighted by Gasteiger charge is -2.23. The quantitative estimate of drug-likeness (QED) is 0.714. The molecule has 3 aromatic rings. The third-order valence-electron chi connectivity index (χ3n) is 5.31. The molecule has 1 atom stereocenters. The first-order valence-corrected chi connectivity index (χ1v) is 9.61. The van der Waals surface area contributed by atoms with Gasteiger partial charge in [0, 0.05) is 31.0 Å². The van der Waals surface area contributed by atoms with Crippen LogP contribution in [0.15, 0.2) is 54.9 Å². The molecule has 0 saturated carbocycles. The summed E-state index contributed by atoms with van der Waals surface area (Å²) in [5, 5.41) is 11.1. The Balaban J connectivity index is 1.32. The van der Waals surface area contributed by atoms with Gasteiger partial charge in [0.05, 0.1) is 7.11 Å². The fourth-order valence-corrected chi connectivity index (χ4v) is 3.75. The van der Waals surface area contributed by atoms with Crippen LogP contribution in [0.3, 0.4) is 0 Å². The van der Waals surface area contributed by atoms with Gasteiger partial charge in [0.15, 0.2) is 0 Å². The van der Waals surface area contributed by atoms with E-state index in [0.717, 1.165) is 42.2 Å². The minimum atomic E-state index is 0.00505. The smallest absolute Gasteiger partial charge is 0.224 e. The summed E-state index contributed by atoms with van der Waals surface area (Å²) in [6.07, 6.45) is 4.89. The Morgan fingerprint density at radius 1 is 1.21 bits per heavy atom. The van der Waals surface area contributed by atoms with Crippen molar-refractivity contribution in [2.45, 2.75) is 38.1 Å². The number of nitrogens with zero attached hydrogens (tertiary/aromatic N) is 3. The van der Waals surface area contributed by atoms with E-state index >= 15 is 0 Å². The number of amides is 1. The number of rotatable bonds is 6. The maximum atomic E-state index is 12.3. The summed E-state index contributed by atoms with van der Waals surface area (Å²) in [5.74, 6) is 2.35. The number of hydrogen-bond donors (Lipinski definition) is 1. The Bertz CT molecular complexity index is 949. The molecular formula is C22H24N4O2. The summed E-state index contributed by atoms with van der Waals surface area (Å²) >= 11 is 0. The Labute approximate surface area is 164 Å². The molecule has 28 heavy (non-hydrogen) atoms. The van der Waals surface area contributed by atoms with Crippen LogP contribution in [0, 0.1) is 0 Å². The molecule has 144 valence electrons. The van der Waals surface area contributed by atoms with Gasteiger partial charge in [0.2, 0.25) is 5.91 Å². The highest BCUT2D eigenvalue weighted by atomic mass is 16.5. The number of anilines is 1. The van der Waals surface area contributed by atoms with Gasteiger partial charge in [0.25, 0.3) is 0 Å². The van der Waals surface area contributed by atoms with Crippen molar-refractivity contribution in [3.63, 3.8) is 0 Å². The van der Waals surface area contributed by atoms with Crippen LogP contribution in [-0.4, -0.2) is 27.8 Å². The number of methoxy groups -OCH3 is 1. The highest BCUT2D eigenvalue weighted by molar-refractivity contribution is 5.90. The topological polar surface area (TPSA) is 69.0 Å². The van der Waals surface area contributed by atoms with Gasteiger partial charge in [-0.15, -0.1) is 10.2 Å². The fourth-order valence-electron chi connectivity index (χ4n) is 3.75. The Kier molecular flexibility index (Phi) is 5.37. The molecule has 2 aromatic carbocycles. The maximum absolute atomic E-state index is 12.3. The van der Waals surface area contributed by atoms with Crippen molar-refractivity contribution in [1.82, 2.24) is 14.8 Å². The van der Waals surface area contributed by atoms with Crippen LogP contribution < -0.4 is 10.1 Å². The lowest BCUT2D eigenvalue weighted by Crippen LogP contribution is -2.18. The SMILES string of the molecule is COc1ccccc1CCC(=O)Nc1ccc(C2CCc3nncn3C2)cc1. The first kappa shape index (κ1) is 18.2. The van der Waals surface area contributed by atoms with Crippen LogP contribution in [0.4, 0.5) is 5.69 Å². The van der Waals surface area contributed by atoms with Crippen LogP contribution in [0.5, 0.6) is 5.75 Å². The van der Waals surface area contributed by atoms with E-state index in [9.17, 15) is 4.79 Å². The number of para-hydroxylation sites is 1. The van der Waals surface area contributed by atoms with E-state index in [4.69, 9.17) is 4.74 Å². The Morgan fingerprint density at radius 2 is 2.04 bits per heavy atom. The van der Waals surface area contributed by atoms with Crippen molar-refractivity contribution in [3.8, 4) is 5.75 Å². The van der Waals surface area contributed by atoms with E-state index in [1.807, 2.05) is 36.4 Å². The highest BCUT2D eigenvalue weighted by Crippen LogP contribution is 2.28. The van der Waals surface area contributed by atoms with Crippen LogP contribution in [0.25, 0.3) is 0 Å². The van der Waals surface area contributed by atoms with Crippen LogP contribution in [0.1, 0.15) is 35.7 Å². The van der Waals surface area contributed by atoms with E-state index in [0.29, 0.717) is 18.8 Å². The van der Waals surface area contributed by atoms with E-state index < -0.39 is 0 Å². The zero-order chi connectivity index (χ0) is 19.3. The molecule has 1 amide bonds. The molecule has 1 N–H and O–H groups in total. The van der Waals surface area contributed by atoms with Crippen molar-refractivity contribution >= 4 is 11.6 Å². The molecule has 6 nitrogen and oxygen atoms in total. The third kappa shape index (κ3) is 4.06. The molecule has 2 heterocycles. The van der Waals surface area contributed by atoms with E-state index in [1.165, 1.54) is 5.56 Å². The second-order valence-electron chi connectivity index (χ2n) is 7.12. The van der Waals surface area contributed by atoms with Gasteiger partial charge in [0.1, 0.15) is 17.9 Å². The zero-order valence-electron chi connectivity index (χ0n) is 16.0. The second-order valence-corrected chi connectivity index (χ2v) is 7.12. The monoisotopic (exact) mass is 376 g/mol. The summed E-state index contributed by atoms with van der Waals surface area (Å²) in [6, 6.07) is 16.0. The van der Waals surface area contributed by atoms with Gasteiger partial charge in [-0.2, -0.15) is 0 Å². The average molecular weight is 376 g/mol. The van der Waals surface area contributed by atoms with Gasteiger partial charge in [-0.1, -0.05) is 30.3 Å². The number of aromatic nitrogens is 3. The normalized spacial score (nSPS) is 15.7. The van der Waals surface area contributed by atoms with Gasteiger partial charge >= 0.3 is 0 Å². The summed E-state index contributed by atoms with van der Waals surface area (Å²) in [5.41, 5.74) is 3.15. The first-order valence-electron chi connectivity index (χ1n) is 9.61. The van der Waals surface area contributed by atoms with Crippen LogP contribution >= 0.6 is 0 Å². The minimum absolute atomic E-state index is 0.00505. The molecule has 4 rings (SSSR count).